The third kappa shape index (κ3) is 3.38. The SMILES string of the molecule is CC(C)c1nc(COc2ccccc2C(C)(C)C)no1. The zero-order chi connectivity index (χ0) is 14.8. The Bertz CT molecular complexity index is 568. The van der Waals surface area contributed by atoms with Gasteiger partial charge in [-0.25, -0.2) is 0 Å². The predicted octanol–water partition coefficient (Wildman–Crippen LogP) is 4.07. The molecule has 0 aliphatic carbocycles. The minimum absolute atomic E-state index is 0.0386. The molecule has 0 saturated heterocycles. The largest absolute Gasteiger partial charge is 0.485 e. The molecule has 1 aromatic heterocycles. The van der Waals surface area contributed by atoms with Crippen LogP contribution in [0.3, 0.4) is 0 Å². The van der Waals surface area contributed by atoms with Gasteiger partial charge in [-0.1, -0.05) is 58.0 Å². The molecule has 4 heteroatoms. The summed E-state index contributed by atoms with van der Waals surface area (Å²) in [5, 5.41) is 3.93. The van der Waals surface area contributed by atoms with Gasteiger partial charge in [0.1, 0.15) is 5.75 Å². The van der Waals surface area contributed by atoms with Gasteiger partial charge >= 0.3 is 0 Å². The van der Waals surface area contributed by atoms with E-state index in [0.717, 1.165) is 5.75 Å². The first kappa shape index (κ1) is 14.6. The summed E-state index contributed by atoms with van der Waals surface area (Å²) < 4.78 is 11.0. The molecule has 20 heavy (non-hydrogen) atoms. The minimum Gasteiger partial charge on any atom is -0.485 e. The Morgan fingerprint density at radius 2 is 1.90 bits per heavy atom. The van der Waals surface area contributed by atoms with E-state index >= 15 is 0 Å². The van der Waals surface area contributed by atoms with Gasteiger partial charge in [-0.3, -0.25) is 0 Å². The van der Waals surface area contributed by atoms with Crippen molar-refractivity contribution in [3.05, 3.63) is 41.5 Å². The molecule has 0 fully saturated rings. The zero-order valence-electron chi connectivity index (χ0n) is 12.8. The normalized spacial score (nSPS) is 11.9. The molecular weight excluding hydrogens is 252 g/mol. The van der Waals surface area contributed by atoms with Gasteiger partial charge in [-0.05, 0) is 17.0 Å². The molecule has 0 bridgehead atoms. The second-order valence-electron chi connectivity index (χ2n) is 6.24. The molecule has 0 unspecified atom stereocenters. The van der Waals surface area contributed by atoms with E-state index in [1.165, 1.54) is 5.56 Å². The Balaban J connectivity index is 2.11. The number of hydrogen-bond acceptors (Lipinski definition) is 4. The maximum absolute atomic E-state index is 5.86. The van der Waals surface area contributed by atoms with Gasteiger partial charge in [0, 0.05) is 5.92 Å². The van der Waals surface area contributed by atoms with Gasteiger partial charge < -0.3 is 9.26 Å². The Hall–Kier alpha value is -1.84. The maximum Gasteiger partial charge on any atom is 0.229 e. The first-order valence-electron chi connectivity index (χ1n) is 6.92. The number of rotatable bonds is 4. The average molecular weight is 274 g/mol. The molecule has 0 aliphatic rings. The van der Waals surface area contributed by atoms with Crippen molar-refractivity contribution >= 4 is 0 Å². The van der Waals surface area contributed by atoms with Gasteiger partial charge in [-0.2, -0.15) is 4.98 Å². The summed E-state index contributed by atoms with van der Waals surface area (Å²) in [5.74, 6) is 2.33. The van der Waals surface area contributed by atoms with Crippen LogP contribution in [-0.2, 0) is 12.0 Å². The Morgan fingerprint density at radius 1 is 1.20 bits per heavy atom. The second-order valence-corrected chi connectivity index (χ2v) is 6.24. The maximum atomic E-state index is 5.86. The lowest BCUT2D eigenvalue weighted by molar-refractivity contribution is 0.278. The molecular formula is C16H22N2O2. The third-order valence-electron chi connectivity index (χ3n) is 3.03. The number of ether oxygens (including phenoxy) is 1. The van der Waals surface area contributed by atoms with Crippen LogP contribution in [0.2, 0.25) is 0 Å². The molecule has 4 nitrogen and oxygen atoms in total. The van der Waals surface area contributed by atoms with Crippen molar-refractivity contribution in [2.75, 3.05) is 0 Å². The molecule has 2 aromatic rings. The highest BCUT2D eigenvalue weighted by atomic mass is 16.5. The molecule has 0 atom stereocenters. The van der Waals surface area contributed by atoms with E-state index in [4.69, 9.17) is 9.26 Å². The van der Waals surface area contributed by atoms with Crippen molar-refractivity contribution in [2.24, 2.45) is 0 Å². The molecule has 1 heterocycles. The molecule has 0 radical (unpaired) electrons. The van der Waals surface area contributed by atoms with E-state index < -0.39 is 0 Å². The van der Waals surface area contributed by atoms with Crippen LogP contribution in [0.1, 0.15) is 57.8 Å². The van der Waals surface area contributed by atoms with E-state index in [1.807, 2.05) is 32.0 Å². The Morgan fingerprint density at radius 3 is 2.50 bits per heavy atom. The predicted molar refractivity (Wildman–Crippen MR) is 77.9 cm³/mol. The highest BCUT2D eigenvalue weighted by Gasteiger charge is 2.19. The summed E-state index contributed by atoms with van der Waals surface area (Å²) in [6.07, 6.45) is 0. The molecule has 0 aliphatic heterocycles. The Labute approximate surface area is 120 Å². The first-order chi connectivity index (χ1) is 9.38. The van der Waals surface area contributed by atoms with Gasteiger partial charge in [0.2, 0.25) is 11.7 Å². The van der Waals surface area contributed by atoms with Gasteiger partial charge in [0.25, 0.3) is 0 Å². The molecule has 108 valence electrons. The second kappa shape index (κ2) is 5.65. The van der Waals surface area contributed by atoms with Crippen LogP contribution in [0.5, 0.6) is 5.75 Å². The monoisotopic (exact) mass is 274 g/mol. The molecule has 0 amide bonds. The van der Waals surface area contributed by atoms with Crippen LogP contribution in [0.15, 0.2) is 28.8 Å². The van der Waals surface area contributed by atoms with Gasteiger partial charge in [0.15, 0.2) is 6.61 Å². The summed E-state index contributed by atoms with van der Waals surface area (Å²) in [6.45, 7) is 10.9. The standard InChI is InChI=1S/C16H22N2O2/c1-11(2)15-17-14(18-20-15)10-19-13-9-7-6-8-12(13)16(3,4)5/h6-9,11H,10H2,1-5H3. The first-order valence-corrected chi connectivity index (χ1v) is 6.92. The van der Waals surface area contributed by atoms with Crippen LogP contribution in [0.25, 0.3) is 0 Å². The highest BCUT2D eigenvalue weighted by Crippen LogP contribution is 2.31. The van der Waals surface area contributed by atoms with Gasteiger partial charge in [0.05, 0.1) is 0 Å². The van der Waals surface area contributed by atoms with Crippen molar-refractivity contribution < 1.29 is 9.26 Å². The van der Waals surface area contributed by atoms with E-state index in [-0.39, 0.29) is 11.3 Å². The van der Waals surface area contributed by atoms with E-state index in [0.29, 0.717) is 18.3 Å². The quantitative estimate of drug-likeness (QED) is 0.843. The van der Waals surface area contributed by atoms with E-state index in [1.54, 1.807) is 0 Å². The van der Waals surface area contributed by atoms with Crippen molar-refractivity contribution in [3.8, 4) is 5.75 Å². The summed E-state index contributed by atoms with van der Waals surface area (Å²) in [5.41, 5.74) is 1.21. The van der Waals surface area contributed by atoms with Crippen LogP contribution in [0, 0.1) is 0 Å². The number of nitrogens with zero attached hydrogens (tertiary/aromatic N) is 2. The summed E-state index contributed by atoms with van der Waals surface area (Å²) in [4.78, 5) is 4.31. The molecule has 0 N–H and O–H groups in total. The number of hydrogen-bond donors (Lipinski definition) is 0. The lowest BCUT2D eigenvalue weighted by atomic mass is 9.86. The summed E-state index contributed by atoms with van der Waals surface area (Å²) in [6, 6.07) is 8.06. The fourth-order valence-electron chi connectivity index (χ4n) is 1.92. The summed E-state index contributed by atoms with van der Waals surface area (Å²) in [7, 11) is 0. The lowest BCUT2D eigenvalue weighted by Gasteiger charge is -2.22. The van der Waals surface area contributed by atoms with Crippen LogP contribution < -0.4 is 4.74 Å². The fraction of sp³-hybridized carbons (Fsp3) is 0.500. The van der Waals surface area contributed by atoms with Crippen LogP contribution in [-0.4, -0.2) is 10.1 Å². The van der Waals surface area contributed by atoms with Gasteiger partial charge in [-0.15, -0.1) is 0 Å². The number of para-hydroxylation sites is 1. The number of aromatic nitrogens is 2. The molecule has 0 saturated carbocycles. The Kier molecular flexibility index (Phi) is 4.12. The van der Waals surface area contributed by atoms with Crippen molar-refractivity contribution in [2.45, 2.75) is 52.6 Å². The van der Waals surface area contributed by atoms with Crippen molar-refractivity contribution in [1.29, 1.82) is 0 Å². The van der Waals surface area contributed by atoms with Crippen molar-refractivity contribution in [1.82, 2.24) is 10.1 Å². The lowest BCUT2D eigenvalue weighted by Crippen LogP contribution is -2.13. The third-order valence-corrected chi connectivity index (χ3v) is 3.03. The minimum atomic E-state index is 0.0386. The molecule has 1 aromatic carbocycles. The number of benzene rings is 1. The zero-order valence-corrected chi connectivity index (χ0v) is 12.8. The molecule has 0 spiro atoms. The van der Waals surface area contributed by atoms with E-state index in [9.17, 15) is 0 Å². The molecule has 2 rings (SSSR count). The van der Waals surface area contributed by atoms with Crippen LogP contribution in [0.4, 0.5) is 0 Å². The topological polar surface area (TPSA) is 48.2 Å². The smallest absolute Gasteiger partial charge is 0.229 e. The average Bonchev–Trinajstić information content (AvgIpc) is 2.84. The van der Waals surface area contributed by atoms with E-state index in [2.05, 4.69) is 37.0 Å². The van der Waals surface area contributed by atoms with Crippen molar-refractivity contribution in [3.63, 3.8) is 0 Å². The summed E-state index contributed by atoms with van der Waals surface area (Å²) >= 11 is 0. The fourth-order valence-corrected chi connectivity index (χ4v) is 1.92. The highest BCUT2D eigenvalue weighted by molar-refractivity contribution is 5.38. The van der Waals surface area contributed by atoms with Crippen LogP contribution >= 0.6 is 0 Å².